The molecule has 4 N–H and O–H groups in total. The van der Waals surface area contributed by atoms with Gasteiger partial charge in [0.15, 0.2) is 6.10 Å². The van der Waals surface area contributed by atoms with Crippen molar-refractivity contribution in [3.63, 3.8) is 0 Å². The number of nitrogens with one attached hydrogen (secondary N) is 1. The zero-order valence-electron chi connectivity index (χ0n) is 31.6. The predicted molar refractivity (Wildman–Crippen MR) is 206 cm³/mol. The molecule has 3 aromatic rings. The van der Waals surface area contributed by atoms with Crippen molar-refractivity contribution in [2.24, 2.45) is 17.8 Å². The highest BCUT2D eigenvalue weighted by atomic mass is 16.6. The molecule has 278 valence electrons. The van der Waals surface area contributed by atoms with Gasteiger partial charge in [0.1, 0.15) is 31.4 Å². The molecule has 0 radical (unpaired) electrons. The maximum absolute atomic E-state index is 14.0. The zero-order valence-corrected chi connectivity index (χ0v) is 31.6. The fourth-order valence-corrected chi connectivity index (χ4v) is 7.51. The molecule has 13 heteroatoms. The van der Waals surface area contributed by atoms with Crippen molar-refractivity contribution in [1.29, 1.82) is 0 Å². The number of esters is 1. The summed E-state index contributed by atoms with van der Waals surface area (Å²) in [7, 11) is 3.88. The molecule has 0 spiro atoms. The number of ether oxygens (including phenoxy) is 2. The minimum atomic E-state index is -2.24. The van der Waals surface area contributed by atoms with Gasteiger partial charge in [-0.1, -0.05) is 57.5 Å². The highest BCUT2D eigenvalue weighted by molar-refractivity contribution is 6.15. The van der Waals surface area contributed by atoms with Gasteiger partial charge in [0.05, 0.1) is 17.7 Å². The van der Waals surface area contributed by atoms with Crippen molar-refractivity contribution in [1.82, 2.24) is 24.8 Å². The number of aliphatic hydroxyl groups is 1. The van der Waals surface area contributed by atoms with Gasteiger partial charge in [0.25, 0.3) is 0 Å². The molecule has 12 nitrogen and oxygen atoms in total. The number of hydrogen-bond donors (Lipinski definition) is 3. The normalized spacial score (nSPS) is 31.4. The lowest BCUT2D eigenvalue weighted by Crippen LogP contribution is -2.67. The number of aromatic nitrogens is 3. The maximum atomic E-state index is 14.0. The number of carbonyl (C=O) groups excluding carboxylic acids is 2. The van der Waals surface area contributed by atoms with E-state index in [1.807, 2.05) is 83.2 Å². The first kappa shape index (κ1) is 40.3. The minimum Gasteiger partial charge on any atom is -0.457 e. The number of pyridine rings is 1. The van der Waals surface area contributed by atoms with Crippen LogP contribution in [0.4, 0.5) is 5.82 Å². The van der Waals surface area contributed by atoms with E-state index in [4.69, 9.17) is 21.6 Å². The lowest BCUT2D eigenvalue weighted by atomic mass is 9.62. The number of para-hydroxylation sites is 1. The van der Waals surface area contributed by atoms with Gasteiger partial charge in [-0.15, -0.1) is 0 Å². The molecule has 0 bridgehead atoms. The SMILES string of the molecule is B[C@@H]1[C@@H](C)C(=O)[C@@H](C)C(=O)O[C@H](CC)[C@](O)(n2ccc(N)nc2=O)[C@H](NC#C)[C@@H](C)N(C)C[C@H](C)C[C@@]1(C)OC/C=C/c1cnc2ccccc2c1. The fourth-order valence-electron chi connectivity index (χ4n) is 7.51. The number of terminal acetylenes is 1. The Hall–Kier alpha value is -4.51. The molecular formula is C39H53BN6O6. The van der Waals surface area contributed by atoms with Crippen molar-refractivity contribution < 1.29 is 24.2 Å². The van der Waals surface area contributed by atoms with Gasteiger partial charge in [-0.2, -0.15) is 4.98 Å². The van der Waals surface area contributed by atoms with Crippen LogP contribution in [0.5, 0.6) is 0 Å². The maximum Gasteiger partial charge on any atom is 0.352 e. The van der Waals surface area contributed by atoms with Crippen LogP contribution in [0.1, 0.15) is 59.9 Å². The summed E-state index contributed by atoms with van der Waals surface area (Å²) in [5.74, 6) is -3.22. The van der Waals surface area contributed by atoms with Gasteiger partial charge in [-0.05, 0) is 76.2 Å². The molecule has 0 unspecified atom stereocenters. The summed E-state index contributed by atoms with van der Waals surface area (Å²) in [5.41, 5.74) is 3.79. The number of carbonyl (C=O) groups is 2. The number of nitrogens with two attached hydrogens (primary N) is 1. The number of nitrogens with zero attached hydrogens (tertiary/aromatic N) is 4. The first-order valence-electron chi connectivity index (χ1n) is 18.0. The monoisotopic (exact) mass is 712 g/mol. The molecule has 9 atom stereocenters. The minimum absolute atomic E-state index is 0.0266. The lowest BCUT2D eigenvalue weighted by molar-refractivity contribution is -0.201. The zero-order chi connectivity index (χ0) is 38.4. The Bertz CT molecular complexity index is 1860. The number of anilines is 1. The number of ketones is 1. The van der Waals surface area contributed by atoms with Crippen LogP contribution in [0.3, 0.4) is 0 Å². The summed E-state index contributed by atoms with van der Waals surface area (Å²) < 4.78 is 13.6. The highest BCUT2D eigenvalue weighted by Crippen LogP contribution is 2.39. The second-order valence-corrected chi connectivity index (χ2v) is 14.6. The van der Waals surface area contributed by atoms with Gasteiger partial charge in [-0.3, -0.25) is 19.1 Å². The van der Waals surface area contributed by atoms with Crippen LogP contribution < -0.4 is 16.7 Å². The van der Waals surface area contributed by atoms with E-state index in [9.17, 15) is 19.5 Å². The Morgan fingerprint density at radius 1 is 1.21 bits per heavy atom. The second kappa shape index (κ2) is 16.9. The summed E-state index contributed by atoms with van der Waals surface area (Å²) >= 11 is 0. The van der Waals surface area contributed by atoms with Crippen molar-refractivity contribution >= 4 is 42.4 Å². The Kier molecular flexibility index (Phi) is 13.1. The molecule has 1 aliphatic heterocycles. The first-order chi connectivity index (χ1) is 24.6. The van der Waals surface area contributed by atoms with Gasteiger partial charge >= 0.3 is 11.7 Å². The number of benzene rings is 1. The largest absolute Gasteiger partial charge is 0.457 e. The van der Waals surface area contributed by atoms with Crippen LogP contribution in [0.25, 0.3) is 17.0 Å². The molecule has 4 rings (SSSR count). The third-order valence-electron chi connectivity index (χ3n) is 10.9. The molecule has 3 heterocycles. The van der Waals surface area contributed by atoms with Gasteiger partial charge in [0, 0.05) is 42.3 Å². The van der Waals surface area contributed by atoms with Gasteiger partial charge in [0.2, 0.25) is 5.72 Å². The number of likely N-dealkylation sites (N-methyl/N-ethyl adjacent to an activating group) is 1. The van der Waals surface area contributed by atoms with E-state index in [0.29, 0.717) is 13.0 Å². The lowest BCUT2D eigenvalue weighted by Gasteiger charge is -2.46. The van der Waals surface area contributed by atoms with Crippen molar-refractivity contribution in [3.8, 4) is 12.5 Å². The van der Waals surface area contributed by atoms with Crippen molar-refractivity contribution in [2.45, 2.75) is 89.7 Å². The summed E-state index contributed by atoms with van der Waals surface area (Å²) in [6.45, 7) is 11.8. The molecule has 1 saturated heterocycles. The summed E-state index contributed by atoms with van der Waals surface area (Å²) in [6.07, 6.45) is 12.2. The Balaban J connectivity index is 1.72. The third-order valence-corrected chi connectivity index (χ3v) is 10.9. The van der Waals surface area contributed by atoms with Crippen LogP contribution in [-0.2, 0) is 24.8 Å². The van der Waals surface area contributed by atoms with Crippen LogP contribution in [0.2, 0.25) is 5.82 Å². The van der Waals surface area contributed by atoms with E-state index < -0.39 is 53.0 Å². The smallest absolute Gasteiger partial charge is 0.352 e. The Morgan fingerprint density at radius 2 is 1.92 bits per heavy atom. The summed E-state index contributed by atoms with van der Waals surface area (Å²) in [5, 5.41) is 16.6. The quantitative estimate of drug-likeness (QED) is 0.109. The van der Waals surface area contributed by atoms with E-state index in [2.05, 4.69) is 34.3 Å². The Morgan fingerprint density at radius 3 is 2.60 bits per heavy atom. The third kappa shape index (κ3) is 8.57. The van der Waals surface area contributed by atoms with Crippen LogP contribution in [0.15, 0.2) is 59.7 Å². The molecule has 1 aromatic carbocycles. The van der Waals surface area contributed by atoms with E-state index in [1.54, 1.807) is 6.92 Å². The fraction of sp³-hybridized carbons (Fsp3) is 0.513. The molecule has 0 amide bonds. The van der Waals surface area contributed by atoms with Gasteiger partial charge < -0.3 is 30.5 Å². The van der Waals surface area contributed by atoms with E-state index in [1.165, 1.54) is 19.2 Å². The van der Waals surface area contributed by atoms with Crippen LogP contribution in [0, 0.1) is 30.2 Å². The molecule has 1 fully saturated rings. The van der Waals surface area contributed by atoms with E-state index in [0.717, 1.165) is 21.0 Å². The number of rotatable bonds is 7. The van der Waals surface area contributed by atoms with Crippen LogP contribution >= 0.6 is 0 Å². The average molecular weight is 713 g/mol. The van der Waals surface area contributed by atoms with Crippen molar-refractivity contribution in [2.75, 3.05) is 25.9 Å². The molecule has 1 aliphatic rings. The summed E-state index contributed by atoms with van der Waals surface area (Å²) in [4.78, 5) is 51.5. The topological polar surface area (TPSA) is 162 Å². The number of hydrogen-bond acceptors (Lipinski definition) is 11. The highest BCUT2D eigenvalue weighted by Gasteiger charge is 2.52. The molecule has 2 aromatic heterocycles. The number of nitrogen functional groups attached to an aromatic ring is 1. The van der Waals surface area contributed by atoms with Crippen molar-refractivity contribution in [3.05, 3.63) is 70.9 Å². The van der Waals surface area contributed by atoms with Crippen LogP contribution in [-0.4, -0.2) is 88.1 Å². The second-order valence-electron chi connectivity index (χ2n) is 14.6. The Labute approximate surface area is 307 Å². The molecular weight excluding hydrogens is 659 g/mol. The molecule has 0 saturated carbocycles. The number of cyclic esters (lactones) is 1. The summed E-state index contributed by atoms with van der Waals surface area (Å²) in [6, 6.07) is 12.2. The average Bonchev–Trinajstić information content (AvgIpc) is 3.12. The first-order valence-corrected chi connectivity index (χ1v) is 18.0. The molecule has 52 heavy (non-hydrogen) atoms. The number of fused-ring (bicyclic) bond motifs is 1. The van der Waals surface area contributed by atoms with Gasteiger partial charge in [-0.25, -0.2) is 4.79 Å². The molecule has 0 aliphatic carbocycles. The number of Topliss-reactive ketones (excluding diaryl/α,β-unsaturated/α-hetero) is 1. The predicted octanol–water partition coefficient (Wildman–Crippen LogP) is 3.00. The van der Waals surface area contributed by atoms with E-state index >= 15 is 0 Å². The van der Waals surface area contributed by atoms with E-state index in [-0.39, 0.29) is 36.4 Å². The standard InChI is InChI=1S/C39H53BN6O6/c1-9-31-39(50,46-18-17-32(41)44-37(46)49)35(42-10-2)27(6)45(8)23-24(3)21-38(7,34(40)25(4)33(47)26(5)36(48)52-31)51-19-13-14-28-20-29-15-11-12-16-30(29)43-22-28/h2,11-18,20,22,24-27,31,34-35,42,50H,9,19,21,23,40H2,1,3-8H3,(H2,41,44,49)/b14-13+/t24-,25+,26-,27-,31-,34-,35-,38-,39-/m1/s1.